The van der Waals surface area contributed by atoms with E-state index >= 15 is 0 Å². The second-order valence-electron chi connectivity index (χ2n) is 8.66. The van der Waals surface area contributed by atoms with E-state index in [4.69, 9.17) is 9.84 Å². The highest BCUT2D eigenvalue weighted by Crippen LogP contribution is 2.44. The predicted octanol–water partition coefficient (Wildman–Crippen LogP) is 4.61. The minimum Gasteiger partial charge on any atom is -0.478 e. The molecule has 0 saturated carbocycles. The summed E-state index contributed by atoms with van der Waals surface area (Å²) >= 11 is 0. The predicted molar refractivity (Wildman–Crippen MR) is 129 cm³/mol. The number of ether oxygens (including phenoxy) is 2. The van der Waals surface area contributed by atoms with E-state index in [1.54, 1.807) is 0 Å². The molecule has 0 aliphatic heterocycles. The number of carboxylic acid groups (broad SMARTS) is 1. The molecule has 2 unspecified atom stereocenters. The van der Waals surface area contributed by atoms with Crippen LogP contribution in [0.3, 0.4) is 0 Å². The van der Waals surface area contributed by atoms with Gasteiger partial charge < -0.3 is 30.1 Å². The van der Waals surface area contributed by atoms with Crippen LogP contribution in [0.25, 0.3) is 11.1 Å². The molecule has 1 aliphatic carbocycles. The molecule has 3 aromatic carbocycles. The minimum atomic E-state index is -5.15. The van der Waals surface area contributed by atoms with E-state index in [2.05, 4.69) is 10.1 Å². The Kier molecular flexibility index (Phi) is 7.88. The second kappa shape index (κ2) is 11.1. The smallest absolute Gasteiger partial charge is 0.478 e. The molecule has 2 atom stereocenters. The van der Waals surface area contributed by atoms with E-state index in [9.17, 15) is 33.0 Å². The molecule has 0 aromatic heterocycles. The zero-order valence-electron chi connectivity index (χ0n) is 19.8. The summed E-state index contributed by atoms with van der Waals surface area (Å²) in [6, 6.07) is 18.3. The van der Waals surface area contributed by atoms with Crippen molar-refractivity contribution in [1.29, 1.82) is 0 Å². The van der Waals surface area contributed by atoms with Crippen LogP contribution in [-0.2, 0) is 4.74 Å². The van der Waals surface area contributed by atoms with E-state index in [0.29, 0.717) is 6.07 Å². The minimum absolute atomic E-state index is 0.0863. The molecule has 11 heteroatoms. The standard InChI is InChI=1S/C27H24F3NO7/c28-27(29,30)38-23-13-15(9-10-20(23)25(34)35)24(33)22(32)11-12-31-26(36)37-14-21-18-7-3-1-5-16(18)17-6-2-4-8-19(17)21/h1-10,13,21-22,24,32-33H,11-12,14H2,(H,31,36)(H,34,35). The lowest BCUT2D eigenvalue weighted by Crippen LogP contribution is -2.30. The van der Waals surface area contributed by atoms with Gasteiger partial charge in [-0.3, -0.25) is 0 Å². The Hall–Kier alpha value is -4.09. The van der Waals surface area contributed by atoms with Gasteiger partial charge in [0, 0.05) is 12.5 Å². The number of carbonyl (C=O) groups is 2. The SMILES string of the molecule is O=C(NCCC(O)C(O)c1ccc(C(=O)O)c(OC(F)(F)F)c1)OCC1c2ccccc2-c2ccccc21. The lowest BCUT2D eigenvalue weighted by molar-refractivity contribution is -0.274. The van der Waals surface area contributed by atoms with Crippen molar-refractivity contribution in [2.45, 2.75) is 30.9 Å². The van der Waals surface area contributed by atoms with Crippen molar-refractivity contribution in [3.8, 4) is 16.9 Å². The van der Waals surface area contributed by atoms with Gasteiger partial charge in [-0.25, -0.2) is 9.59 Å². The number of fused-ring (bicyclic) bond motifs is 3. The van der Waals surface area contributed by atoms with Crippen LogP contribution in [-0.4, -0.2) is 53.0 Å². The van der Waals surface area contributed by atoms with Gasteiger partial charge in [0.2, 0.25) is 0 Å². The molecule has 38 heavy (non-hydrogen) atoms. The fourth-order valence-corrected chi connectivity index (χ4v) is 4.46. The van der Waals surface area contributed by atoms with Crippen molar-refractivity contribution < 1.29 is 47.6 Å². The number of aromatic carboxylic acids is 1. The summed E-state index contributed by atoms with van der Waals surface area (Å²) in [5.41, 5.74) is 3.29. The normalized spacial score (nSPS) is 14.2. The summed E-state index contributed by atoms with van der Waals surface area (Å²) in [5, 5.41) is 32.2. The van der Waals surface area contributed by atoms with Gasteiger partial charge in [0.05, 0.1) is 6.10 Å². The fourth-order valence-electron chi connectivity index (χ4n) is 4.46. The maximum atomic E-state index is 12.6. The van der Waals surface area contributed by atoms with Crippen LogP contribution in [0.1, 0.15) is 45.5 Å². The zero-order chi connectivity index (χ0) is 27.4. The quantitative estimate of drug-likeness (QED) is 0.318. The number of benzene rings is 3. The van der Waals surface area contributed by atoms with Crippen molar-refractivity contribution in [3.63, 3.8) is 0 Å². The Morgan fingerprint density at radius 2 is 1.55 bits per heavy atom. The highest BCUT2D eigenvalue weighted by Gasteiger charge is 2.34. The summed E-state index contributed by atoms with van der Waals surface area (Å²) < 4.78 is 47.1. The number of nitrogens with one attached hydrogen (secondary N) is 1. The first kappa shape index (κ1) is 27.0. The number of alkyl halides is 3. The van der Waals surface area contributed by atoms with Crippen molar-refractivity contribution in [2.75, 3.05) is 13.2 Å². The molecule has 3 aromatic rings. The first-order chi connectivity index (χ1) is 18.0. The van der Waals surface area contributed by atoms with E-state index < -0.39 is 41.9 Å². The molecule has 0 heterocycles. The van der Waals surface area contributed by atoms with Gasteiger partial charge in [0.25, 0.3) is 0 Å². The Morgan fingerprint density at radius 3 is 2.13 bits per heavy atom. The lowest BCUT2D eigenvalue weighted by atomic mass is 9.98. The van der Waals surface area contributed by atoms with Gasteiger partial charge in [-0.2, -0.15) is 0 Å². The molecule has 1 aliphatic rings. The third-order valence-electron chi connectivity index (χ3n) is 6.22. The molecule has 8 nitrogen and oxygen atoms in total. The molecule has 4 rings (SSSR count). The van der Waals surface area contributed by atoms with Crippen LogP contribution in [0.4, 0.5) is 18.0 Å². The third kappa shape index (κ3) is 6.06. The van der Waals surface area contributed by atoms with Crippen LogP contribution in [0.2, 0.25) is 0 Å². The summed E-state index contributed by atoms with van der Waals surface area (Å²) in [6.45, 7) is -0.0169. The number of amides is 1. The lowest BCUT2D eigenvalue weighted by Gasteiger charge is -2.20. The van der Waals surface area contributed by atoms with Gasteiger partial charge in [0.1, 0.15) is 24.0 Å². The summed E-state index contributed by atoms with van der Waals surface area (Å²) in [6.07, 6.45) is -9.21. The van der Waals surface area contributed by atoms with E-state index in [1.807, 2.05) is 48.5 Å². The average Bonchev–Trinajstić information content (AvgIpc) is 3.19. The summed E-state index contributed by atoms with van der Waals surface area (Å²) in [7, 11) is 0. The molecule has 0 radical (unpaired) electrons. The molecular formula is C27H24F3NO7. The van der Waals surface area contributed by atoms with Crippen LogP contribution in [0.15, 0.2) is 66.7 Å². The summed E-state index contributed by atoms with van der Waals surface area (Å²) in [4.78, 5) is 23.4. The number of halogens is 3. The number of rotatable bonds is 9. The van der Waals surface area contributed by atoms with Gasteiger partial charge in [-0.05, 0) is 46.4 Å². The van der Waals surface area contributed by atoms with E-state index in [-0.39, 0.29) is 31.1 Å². The summed E-state index contributed by atoms with van der Waals surface area (Å²) in [5.74, 6) is -2.81. The molecule has 0 saturated heterocycles. The van der Waals surface area contributed by atoms with Gasteiger partial charge in [0.15, 0.2) is 0 Å². The molecular weight excluding hydrogens is 507 g/mol. The van der Waals surface area contributed by atoms with Crippen LogP contribution in [0.5, 0.6) is 5.75 Å². The largest absolute Gasteiger partial charge is 0.573 e. The van der Waals surface area contributed by atoms with Crippen molar-refractivity contribution >= 4 is 12.1 Å². The number of alkyl carbamates (subject to hydrolysis) is 1. The highest BCUT2D eigenvalue weighted by molar-refractivity contribution is 5.91. The van der Waals surface area contributed by atoms with Crippen molar-refractivity contribution in [3.05, 3.63) is 89.0 Å². The molecule has 1 amide bonds. The van der Waals surface area contributed by atoms with E-state index in [1.165, 1.54) is 0 Å². The van der Waals surface area contributed by atoms with Gasteiger partial charge in [-0.1, -0.05) is 54.6 Å². The molecule has 0 spiro atoms. The Morgan fingerprint density at radius 1 is 0.947 bits per heavy atom. The Bertz CT molecular complexity index is 1280. The highest BCUT2D eigenvalue weighted by atomic mass is 19.4. The Balaban J connectivity index is 1.31. The van der Waals surface area contributed by atoms with Gasteiger partial charge >= 0.3 is 18.4 Å². The first-order valence-electron chi connectivity index (χ1n) is 11.6. The van der Waals surface area contributed by atoms with Gasteiger partial charge in [-0.15, -0.1) is 13.2 Å². The average molecular weight is 531 g/mol. The maximum absolute atomic E-state index is 12.6. The monoisotopic (exact) mass is 531 g/mol. The molecule has 4 N–H and O–H groups in total. The third-order valence-corrected chi connectivity index (χ3v) is 6.22. The van der Waals surface area contributed by atoms with Crippen molar-refractivity contribution in [2.24, 2.45) is 0 Å². The molecule has 0 bridgehead atoms. The molecule has 0 fully saturated rings. The number of hydrogen-bond acceptors (Lipinski definition) is 6. The number of carboxylic acids is 1. The molecule has 200 valence electrons. The topological polar surface area (TPSA) is 125 Å². The number of carbonyl (C=O) groups excluding carboxylic acids is 1. The number of hydrogen-bond donors (Lipinski definition) is 4. The van der Waals surface area contributed by atoms with Crippen LogP contribution in [0, 0.1) is 0 Å². The Labute approximate surface area is 215 Å². The van der Waals surface area contributed by atoms with Crippen LogP contribution >= 0.6 is 0 Å². The van der Waals surface area contributed by atoms with E-state index in [0.717, 1.165) is 34.4 Å². The van der Waals surface area contributed by atoms with Crippen molar-refractivity contribution in [1.82, 2.24) is 5.32 Å². The fraction of sp³-hybridized carbons (Fsp3) is 0.259. The second-order valence-corrected chi connectivity index (χ2v) is 8.66. The maximum Gasteiger partial charge on any atom is 0.573 e. The number of aliphatic hydroxyl groups excluding tert-OH is 2. The van der Waals surface area contributed by atoms with Crippen LogP contribution < -0.4 is 10.1 Å². The number of aliphatic hydroxyl groups is 2. The zero-order valence-corrected chi connectivity index (χ0v) is 19.8. The first-order valence-corrected chi connectivity index (χ1v) is 11.6.